The van der Waals surface area contributed by atoms with Crippen molar-refractivity contribution in [2.24, 2.45) is 0 Å². The zero-order chi connectivity index (χ0) is 13.6. The normalized spacial score (nSPS) is 12.2. The Labute approximate surface area is 111 Å². The third kappa shape index (κ3) is 1.94. The van der Waals surface area contributed by atoms with Crippen LogP contribution in [-0.4, -0.2) is 20.1 Å². The highest BCUT2D eigenvalue weighted by Gasteiger charge is 2.21. The van der Waals surface area contributed by atoms with Gasteiger partial charge in [0.25, 0.3) is 0 Å². The first-order valence-electron chi connectivity index (χ1n) is 6.32. The van der Waals surface area contributed by atoms with Gasteiger partial charge in [-0.3, -0.25) is 0 Å². The molecule has 0 aliphatic carbocycles. The summed E-state index contributed by atoms with van der Waals surface area (Å²) >= 11 is 0. The number of H-pyrrole nitrogens is 2. The predicted octanol–water partition coefficient (Wildman–Crippen LogP) is 3.09. The summed E-state index contributed by atoms with van der Waals surface area (Å²) in [4.78, 5) is 10.8. The maximum absolute atomic E-state index is 9.98. The zero-order valence-electron chi connectivity index (χ0n) is 11.3. The number of aryl methyl sites for hydroxylation is 1. The summed E-state index contributed by atoms with van der Waals surface area (Å²) in [5.74, 6) is 0.576. The fourth-order valence-corrected chi connectivity index (χ4v) is 2.38. The highest BCUT2D eigenvalue weighted by molar-refractivity contribution is 5.96. The summed E-state index contributed by atoms with van der Waals surface area (Å²) in [6, 6.07) is 8.17. The van der Waals surface area contributed by atoms with Gasteiger partial charge in [-0.05, 0) is 26.8 Å². The second-order valence-electron chi connectivity index (χ2n) is 5.38. The van der Waals surface area contributed by atoms with Crippen molar-refractivity contribution in [2.45, 2.75) is 26.4 Å². The number of fused-ring (bicyclic) bond motifs is 1. The Hall–Kier alpha value is -2.07. The lowest BCUT2D eigenvalue weighted by atomic mass is 10.1. The van der Waals surface area contributed by atoms with Gasteiger partial charge in [-0.15, -0.1) is 0 Å². The summed E-state index contributed by atoms with van der Waals surface area (Å²) in [5.41, 5.74) is 3.27. The second-order valence-corrected chi connectivity index (χ2v) is 5.38. The van der Waals surface area contributed by atoms with E-state index in [-0.39, 0.29) is 0 Å². The first-order valence-corrected chi connectivity index (χ1v) is 6.32. The van der Waals surface area contributed by atoms with Crippen molar-refractivity contribution in [1.29, 1.82) is 0 Å². The molecule has 2 aromatic heterocycles. The molecule has 0 unspecified atom stereocenters. The average molecular weight is 255 g/mol. The van der Waals surface area contributed by atoms with Crippen molar-refractivity contribution in [1.82, 2.24) is 15.0 Å². The minimum atomic E-state index is -0.960. The Kier molecular flexibility index (Phi) is 2.50. The molecular weight excluding hydrogens is 238 g/mol. The Morgan fingerprint density at radius 1 is 1.16 bits per heavy atom. The van der Waals surface area contributed by atoms with Crippen LogP contribution in [0.2, 0.25) is 0 Å². The molecular formula is C15H17N3O. The molecule has 0 radical (unpaired) electrons. The van der Waals surface area contributed by atoms with E-state index in [0.717, 1.165) is 27.9 Å². The molecule has 3 rings (SSSR count). The molecule has 3 aromatic rings. The molecule has 0 saturated heterocycles. The summed E-state index contributed by atoms with van der Waals surface area (Å²) < 4.78 is 0. The molecule has 4 nitrogen and oxygen atoms in total. The van der Waals surface area contributed by atoms with Crippen LogP contribution in [0.15, 0.2) is 30.5 Å². The molecule has 1 aromatic carbocycles. The van der Waals surface area contributed by atoms with Crippen LogP contribution in [0.1, 0.15) is 25.4 Å². The average Bonchev–Trinajstić information content (AvgIpc) is 2.90. The number of hydrogen-bond donors (Lipinski definition) is 3. The number of nitrogens with zero attached hydrogens (tertiary/aromatic N) is 1. The van der Waals surface area contributed by atoms with Crippen LogP contribution in [-0.2, 0) is 5.60 Å². The number of hydrogen-bond acceptors (Lipinski definition) is 2. The van der Waals surface area contributed by atoms with Gasteiger partial charge in [0.05, 0.1) is 11.9 Å². The van der Waals surface area contributed by atoms with Crippen molar-refractivity contribution in [3.8, 4) is 11.3 Å². The van der Waals surface area contributed by atoms with E-state index in [1.54, 1.807) is 20.0 Å². The Morgan fingerprint density at radius 3 is 2.58 bits per heavy atom. The first-order chi connectivity index (χ1) is 8.97. The number of aromatic nitrogens is 3. The molecule has 0 bridgehead atoms. The van der Waals surface area contributed by atoms with Crippen molar-refractivity contribution >= 4 is 10.9 Å². The van der Waals surface area contributed by atoms with Crippen molar-refractivity contribution in [3.63, 3.8) is 0 Å². The fourth-order valence-electron chi connectivity index (χ4n) is 2.38. The summed E-state index contributed by atoms with van der Waals surface area (Å²) in [5, 5.41) is 11.1. The SMILES string of the molecule is Cc1[nH]c2ccccc2c1-c1cnc(C(C)(C)O)[nH]1. The van der Waals surface area contributed by atoms with Gasteiger partial charge in [-0.1, -0.05) is 18.2 Å². The van der Waals surface area contributed by atoms with E-state index >= 15 is 0 Å². The molecule has 0 saturated carbocycles. The number of imidazole rings is 1. The quantitative estimate of drug-likeness (QED) is 0.658. The number of benzene rings is 1. The molecule has 3 N–H and O–H groups in total. The molecule has 4 heteroatoms. The third-order valence-corrected chi connectivity index (χ3v) is 3.32. The van der Waals surface area contributed by atoms with E-state index in [1.165, 1.54) is 0 Å². The van der Waals surface area contributed by atoms with Crippen LogP contribution in [0.25, 0.3) is 22.2 Å². The van der Waals surface area contributed by atoms with E-state index in [1.807, 2.05) is 19.1 Å². The van der Waals surface area contributed by atoms with Crippen LogP contribution >= 0.6 is 0 Å². The van der Waals surface area contributed by atoms with Crippen LogP contribution in [0.3, 0.4) is 0 Å². The first kappa shape index (κ1) is 12.0. The number of nitrogens with one attached hydrogen (secondary N) is 2. The Morgan fingerprint density at radius 2 is 1.89 bits per heavy atom. The standard InChI is InChI=1S/C15H17N3O/c1-9-13(10-6-4-5-7-11(10)17-9)12-8-16-14(18-12)15(2,3)19/h4-8,17,19H,1-3H3,(H,16,18). The van der Waals surface area contributed by atoms with Gasteiger partial charge in [0, 0.05) is 22.2 Å². The number of para-hydroxylation sites is 1. The lowest BCUT2D eigenvalue weighted by Crippen LogP contribution is -2.17. The summed E-state index contributed by atoms with van der Waals surface area (Å²) in [6.45, 7) is 5.48. The van der Waals surface area contributed by atoms with Crippen LogP contribution < -0.4 is 0 Å². The maximum Gasteiger partial charge on any atom is 0.138 e. The van der Waals surface area contributed by atoms with Crippen LogP contribution in [0.4, 0.5) is 0 Å². The Balaban J connectivity index is 2.19. The molecule has 0 fully saturated rings. The molecule has 0 amide bonds. The maximum atomic E-state index is 9.98. The molecule has 2 heterocycles. The van der Waals surface area contributed by atoms with E-state index in [0.29, 0.717) is 5.82 Å². The second kappa shape index (κ2) is 3.96. The highest BCUT2D eigenvalue weighted by atomic mass is 16.3. The van der Waals surface area contributed by atoms with Gasteiger partial charge in [-0.25, -0.2) is 4.98 Å². The molecule has 98 valence electrons. The zero-order valence-corrected chi connectivity index (χ0v) is 11.3. The van der Waals surface area contributed by atoms with E-state index in [9.17, 15) is 5.11 Å². The van der Waals surface area contributed by atoms with Crippen molar-refractivity contribution in [3.05, 3.63) is 42.0 Å². The molecule has 0 atom stereocenters. The van der Waals surface area contributed by atoms with Gasteiger partial charge in [0.1, 0.15) is 11.4 Å². The fraction of sp³-hybridized carbons (Fsp3) is 0.267. The number of aliphatic hydroxyl groups is 1. The lowest BCUT2D eigenvalue weighted by Gasteiger charge is -2.12. The molecule has 0 spiro atoms. The number of aromatic amines is 2. The molecule has 0 aliphatic heterocycles. The summed E-state index contributed by atoms with van der Waals surface area (Å²) in [6.07, 6.45) is 1.77. The van der Waals surface area contributed by atoms with Crippen molar-refractivity contribution in [2.75, 3.05) is 0 Å². The molecule has 0 aliphatic rings. The third-order valence-electron chi connectivity index (χ3n) is 3.32. The van der Waals surface area contributed by atoms with Crippen LogP contribution in [0, 0.1) is 6.92 Å². The lowest BCUT2D eigenvalue weighted by molar-refractivity contribution is 0.0697. The predicted molar refractivity (Wildman–Crippen MR) is 75.9 cm³/mol. The smallest absolute Gasteiger partial charge is 0.138 e. The van der Waals surface area contributed by atoms with Crippen LogP contribution in [0.5, 0.6) is 0 Å². The van der Waals surface area contributed by atoms with Gasteiger partial charge in [0.15, 0.2) is 0 Å². The Bertz CT molecular complexity index is 731. The van der Waals surface area contributed by atoms with Gasteiger partial charge in [-0.2, -0.15) is 0 Å². The van der Waals surface area contributed by atoms with Gasteiger partial charge >= 0.3 is 0 Å². The highest BCUT2D eigenvalue weighted by Crippen LogP contribution is 2.31. The minimum Gasteiger partial charge on any atom is -0.383 e. The van der Waals surface area contributed by atoms with E-state index < -0.39 is 5.60 Å². The van der Waals surface area contributed by atoms with Crippen molar-refractivity contribution < 1.29 is 5.11 Å². The topological polar surface area (TPSA) is 64.7 Å². The monoisotopic (exact) mass is 255 g/mol. The van der Waals surface area contributed by atoms with E-state index in [2.05, 4.69) is 27.1 Å². The largest absolute Gasteiger partial charge is 0.383 e. The summed E-state index contributed by atoms with van der Waals surface area (Å²) in [7, 11) is 0. The number of rotatable bonds is 2. The van der Waals surface area contributed by atoms with E-state index in [4.69, 9.17) is 0 Å². The van der Waals surface area contributed by atoms with Gasteiger partial charge in [0.2, 0.25) is 0 Å². The van der Waals surface area contributed by atoms with Gasteiger partial charge < -0.3 is 15.1 Å². The molecule has 19 heavy (non-hydrogen) atoms. The minimum absolute atomic E-state index is 0.576.